The third kappa shape index (κ3) is 8.03. The standard InChI is InChI=1S/C21H37BrN3O8PSi/c1-21(2,3)35(5,6)33-16-14-19(25-10-8-18(27)23-20(25)28)32-17(16)15-31-34(29,24(4)11-9-22)30-13-7-12-26/h8,10,12,16-17,19H,7,9,11,13-15H2,1-6H3,(H,23,27,28)/t16-,17+,19+,34?/m0/s1. The van der Waals surface area contributed by atoms with Crippen molar-refractivity contribution in [3.63, 3.8) is 0 Å². The van der Waals surface area contributed by atoms with E-state index in [0.29, 0.717) is 24.6 Å². The molecule has 2 heterocycles. The molecule has 0 aromatic carbocycles. The molecule has 4 atom stereocenters. The zero-order chi connectivity index (χ0) is 26.4. The van der Waals surface area contributed by atoms with E-state index in [2.05, 4.69) is 54.8 Å². The predicted molar refractivity (Wildman–Crippen MR) is 139 cm³/mol. The highest BCUT2D eigenvalue weighted by Gasteiger charge is 2.46. The number of hydrogen-bond donors (Lipinski definition) is 1. The van der Waals surface area contributed by atoms with Crippen LogP contribution in [0, 0.1) is 0 Å². The van der Waals surface area contributed by atoms with Crippen molar-refractivity contribution >= 4 is 38.3 Å². The highest BCUT2D eigenvalue weighted by molar-refractivity contribution is 9.09. The Labute approximate surface area is 215 Å². The van der Waals surface area contributed by atoms with Crippen molar-refractivity contribution in [2.24, 2.45) is 0 Å². The Bertz CT molecular complexity index is 1010. The number of carbonyl (C=O) groups is 1. The SMILES string of the molecule is CN(CCBr)P(=O)(OCCC=O)OC[C@H]1O[C@@H](n2ccc(=O)[nH]c2=O)C[C@@H]1O[Si](C)(C)C(C)(C)C. The molecule has 200 valence electrons. The lowest BCUT2D eigenvalue weighted by atomic mass is 10.2. The van der Waals surface area contributed by atoms with Crippen molar-refractivity contribution in [1.29, 1.82) is 0 Å². The Kier molecular flexibility index (Phi) is 10.9. The Morgan fingerprint density at radius 1 is 1.34 bits per heavy atom. The summed E-state index contributed by atoms with van der Waals surface area (Å²) in [6.07, 6.45) is 0.723. The summed E-state index contributed by atoms with van der Waals surface area (Å²) in [5.74, 6) is 0. The Hall–Kier alpha value is -0.923. The molecule has 0 bridgehead atoms. The van der Waals surface area contributed by atoms with Crippen LogP contribution in [-0.4, -0.2) is 73.2 Å². The number of nitrogens with zero attached hydrogens (tertiary/aromatic N) is 2. The molecule has 1 aliphatic heterocycles. The van der Waals surface area contributed by atoms with E-state index in [1.54, 1.807) is 7.05 Å². The van der Waals surface area contributed by atoms with E-state index in [4.69, 9.17) is 18.2 Å². The van der Waals surface area contributed by atoms with Gasteiger partial charge in [0.25, 0.3) is 5.56 Å². The lowest BCUT2D eigenvalue weighted by molar-refractivity contribution is -0.108. The summed E-state index contributed by atoms with van der Waals surface area (Å²) >= 11 is 3.32. The second kappa shape index (κ2) is 12.5. The van der Waals surface area contributed by atoms with Crippen molar-refractivity contribution in [2.45, 2.75) is 70.2 Å². The summed E-state index contributed by atoms with van der Waals surface area (Å²) in [5.41, 5.74) is -1.09. The van der Waals surface area contributed by atoms with Gasteiger partial charge in [0.1, 0.15) is 18.6 Å². The van der Waals surface area contributed by atoms with Crippen molar-refractivity contribution in [3.8, 4) is 0 Å². The number of rotatable bonds is 13. The number of carbonyl (C=O) groups excluding carboxylic acids is 1. The van der Waals surface area contributed by atoms with Crippen LogP contribution >= 0.6 is 23.7 Å². The molecular formula is C21H37BrN3O8PSi. The molecule has 14 heteroatoms. The fourth-order valence-corrected chi connectivity index (χ4v) is 6.87. The largest absolute Gasteiger partial charge is 0.411 e. The molecule has 11 nitrogen and oxygen atoms in total. The molecule has 35 heavy (non-hydrogen) atoms. The monoisotopic (exact) mass is 597 g/mol. The molecule has 1 aromatic heterocycles. The fraction of sp³-hybridized carbons (Fsp3) is 0.762. The third-order valence-corrected chi connectivity index (χ3v) is 13.2. The van der Waals surface area contributed by atoms with Gasteiger partial charge in [0.05, 0.1) is 19.3 Å². The van der Waals surface area contributed by atoms with Crippen molar-refractivity contribution in [1.82, 2.24) is 14.2 Å². The van der Waals surface area contributed by atoms with Crippen LogP contribution in [0.4, 0.5) is 0 Å². The minimum absolute atomic E-state index is 0.0434. The van der Waals surface area contributed by atoms with E-state index in [1.165, 1.54) is 21.5 Å². The molecule has 0 aliphatic carbocycles. The van der Waals surface area contributed by atoms with E-state index in [1.807, 2.05) is 0 Å². The topological polar surface area (TPSA) is 129 Å². The van der Waals surface area contributed by atoms with E-state index in [-0.39, 0.29) is 24.7 Å². The molecular weight excluding hydrogens is 561 g/mol. The average Bonchev–Trinajstić information content (AvgIpc) is 3.13. The highest BCUT2D eigenvalue weighted by Crippen LogP contribution is 2.52. The van der Waals surface area contributed by atoms with Gasteiger partial charge < -0.3 is 14.0 Å². The first kappa shape index (κ1) is 30.3. The molecule has 0 saturated carbocycles. The molecule has 1 N–H and O–H groups in total. The van der Waals surface area contributed by atoms with Crippen molar-refractivity contribution in [3.05, 3.63) is 33.1 Å². The normalized spacial score (nSPS) is 22.9. The molecule has 2 rings (SSSR count). The second-order valence-electron chi connectivity index (χ2n) is 9.92. The summed E-state index contributed by atoms with van der Waals surface area (Å²) in [6, 6.07) is 1.25. The number of halogens is 1. The van der Waals surface area contributed by atoms with Crippen molar-refractivity contribution in [2.75, 3.05) is 32.1 Å². The third-order valence-electron chi connectivity index (χ3n) is 6.31. The van der Waals surface area contributed by atoms with Gasteiger partial charge in [-0.15, -0.1) is 0 Å². The second-order valence-corrected chi connectivity index (χ2v) is 17.6. The molecule has 1 saturated heterocycles. The van der Waals surface area contributed by atoms with Crippen LogP contribution < -0.4 is 11.2 Å². The van der Waals surface area contributed by atoms with Crippen LogP contribution in [0.1, 0.15) is 39.8 Å². The summed E-state index contributed by atoms with van der Waals surface area (Å²) < 4.78 is 40.4. The van der Waals surface area contributed by atoms with Gasteiger partial charge in [-0.2, -0.15) is 0 Å². The number of aromatic amines is 1. The van der Waals surface area contributed by atoms with Crippen LogP contribution in [0.2, 0.25) is 18.1 Å². The number of alkyl halides is 1. The van der Waals surface area contributed by atoms with E-state index in [0.717, 1.165) is 0 Å². The van der Waals surface area contributed by atoms with Crippen LogP contribution in [0.25, 0.3) is 0 Å². The molecule has 1 fully saturated rings. The lowest BCUT2D eigenvalue weighted by Crippen LogP contribution is -2.46. The zero-order valence-electron chi connectivity index (χ0n) is 21.2. The molecule has 0 amide bonds. The summed E-state index contributed by atoms with van der Waals surface area (Å²) in [5, 5.41) is 0.469. The van der Waals surface area contributed by atoms with E-state index >= 15 is 0 Å². The molecule has 0 spiro atoms. The van der Waals surface area contributed by atoms with Crippen LogP contribution in [-0.2, 0) is 27.6 Å². The Balaban J connectivity index is 2.29. The van der Waals surface area contributed by atoms with Crippen LogP contribution in [0.3, 0.4) is 0 Å². The van der Waals surface area contributed by atoms with Crippen molar-refractivity contribution < 1.29 is 27.6 Å². The minimum Gasteiger partial charge on any atom is -0.411 e. The summed E-state index contributed by atoms with van der Waals surface area (Å²) in [6.45, 7) is 10.8. The molecule has 0 radical (unpaired) electrons. The number of nitrogens with one attached hydrogen (secondary N) is 1. The van der Waals surface area contributed by atoms with Gasteiger partial charge in [-0.3, -0.25) is 23.4 Å². The number of hydrogen-bond acceptors (Lipinski definition) is 8. The van der Waals surface area contributed by atoms with Crippen LogP contribution in [0.15, 0.2) is 21.9 Å². The minimum atomic E-state index is -3.72. The summed E-state index contributed by atoms with van der Waals surface area (Å²) in [7, 11) is -4.34. The Morgan fingerprint density at radius 2 is 2.03 bits per heavy atom. The van der Waals surface area contributed by atoms with Gasteiger partial charge >= 0.3 is 13.4 Å². The van der Waals surface area contributed by atoms with Gasteiger partial charge in [-0.25, -0.2) is 14.0 Å². The van der Waals surface area contributed by atoms with Gasteiger partial charge in [-0.1, -0.05) is 36.7 Å². The maximum atomic E-state index is 13.5. The maximum absolute atomic E-state index is 13.5. The molecule has 1 unspecified atom stereocenters. The van der Waals surface area contributed by atoms with Crippen LogP contribution in [0.5, 0.6) is 0 Å². The lowest BCUT2D eigenvalue weighted by Gasteiger charge is -2.39. The zero-order valence-corrected chi connectivity index (χ0v) is 24.7. The fourth-order valence-electron chi connectivity index (χ4n) is 3.22. The first-order valence-electron chi connectivity index (χ1n) is 11.5. The first-order valence-corrected chi connectivity index (χ1v) is 17.0. The van der Waals surface area contributed by atoms with Gasteiger partial charge in [-0.05, 0) is 25.2 Å². The quantitative estimate of drug-likeness (QED) is 0.120. The number of aldehydes is 1. The van der Waals surface area contributed by atoms with E-state index < -0.39 is 45.7 Å². The summed E-state index contributed by atoms with van der Waals surface area (Å²) in [4.78, 5) is 36.8. The number of aromatic nitrogens is 2. The van der Waals surface area contributed by atoms with Gasteiger partial charge in [0, 0.05) is 37.0 Å². The van der Waals surface area contributed by atoms with Gasteiger partial charge in [0.2, 0.25) is 0 Å². The average molecular weight is 599 g/mol. The molecule has 1 aromatic rings. The number of ether oxygens (including phenoxy) is 1. The predicted octanol–water partition coefficient (Wildman–Crippen LogP) is 3.27. The number of H-pyrrole nitrogens is 1. The molecule has 1 aliphatic rings. The van der Waals surface area contributed by atoms with Gasteiger partial charge in [0.15, 0.2) is 8.32 Å². The van der Waals surface area contributed by atoms with E-state index in [9.17, 15) is 18.9 Å². The Morgan fingerprint density at radius 3 is 2.60 bits per heavy atom. The maximum Gasteiger partial charge on any atom is 0.408 e. The first-order chi connectivity index (χ1) is 16.2. The highest BCUT2D eigenvalue weighted by atomic mass is 79.9. The smallest absolute Gasteiger partial charge is 0.408 e.